The van der Waals surface area contributed by atoms with Gasteiger partial charge in [0.2, 0.25) is 0 Å². The molecule has 0 N–H and O–H groups in total. The van der Waals surface area contributed by atoms with Crippen LogP contribution in [0.5, 0.6) is 0 Å². The molecule has 0 amide bonds. The molecule has 0 aromatic heterocycles. The van der Waals surface area contributed by atoms with E-state index < -0.39 is 53.7 Å². The van der Waals surface area contributed by atoms with Gasteiger partial charge < -0.3 is 23.7 Å². The Hall–Kier alpha value is -2.14. The van der Waals surface area contributed by atoms with Gasteiger partial charge in [-0.2, -0.15) is 0 Å². The summed E-state index contributed by atoms with van der Waals surface area (Å²) in [6.45, 7) is 5.51. The molecule has 0 aromatic rings. The molecule has 27 heavy (non-hydrogen) atoms. The number of carbonyl (C=O) groups excluding carboxylic acids is 5. The summed E-state index contributed by atoms with van der Waals surface area (Å²) in [5.41, 5.74) is -1.07. The molecule has 11 heteroatoms. The zero-order valence-corrected chi connectivity index (χ0v) is 16.4. The van der Waals surface area contributed by atoms with E-state index in [2.05, 4.69) is 0 Å². The Morgan fingerprint density at radius 3 is 1.67 bits per heavy atom. The third kappa shape index (κ3) is 7.55. The van der Waals surface area contributed by atoms with Crippen molar-refractivity contribution in [3.05, 3.63) is 0 Å². The average molecular weight is 406 g/mol. The van der Waals surface area contributed by atoms with E-state index in [-0.39, 0.29) is 11.7 Å². The minimum atomic E-state index is -1.26. The van der Waals surface area contributed by atoms with E-state index in [1.165, 1.54) is 13.8 Å². The monoisotopic (exact) mass is 406 g/mol. The van der Waals surface area contributed by atoms with E-state index in [1.54, 1.807) is 0 Å². The molecule has 10 nitrogen and oxygen atoms in total. The first-order chi connectivity index (χ1) is 12.5. The lowest BCUT2D eigenvalue weighted by Crippen LogP contribution is -2.61. The summed E-state index contributed by atoms with van der Waals surface area (Å²) in [5, 5.41) is -0.351. The Labute approximate surface area is 160 Å². The number of hydrogen-bond acceptors (Lipinski definition) is 11. The van der Waals surface area contributed by atoms with Gasteiger partial charge in [-0.3, -0.25) is 24.0 Å². The van der Waals surface area contributed by atoms with Crippen LogP contribution in [0.4, 0.5) is 0 Å². The molecular weight excluding hydrogens is 384 g/mol. The predicted octanol–water partition coefficient (Wildman–Crippen LogP) is 0.349. The van der Waals surface area contributed by atoms with E-state index in [9.17, 15) is 24.0 Å². The van der Waals surface area contributed by atoms with E-state index in [1.807, 2.05) is 0 Å². The highest BCUT2D eigenvalue weighted by molar-refractivity contribution is 8.14. The maximum absolute atomic E-state index is 11.6. The van der Waals surface area contributed by atoms with Gasteiger partial charge in [-0.1, -0.05) is 11.8 Å². The van der Waals surface area contributed by atoms with E-state index in [4.69, 9.17) is 23.7 Å². The quantitative estimate of drug-likeness (QED) is 0.447. The van der Waals surface area contributed by atoms with Gasteiger partial charge >= 0.3 is 23.9 Å². The topological polar surface area (TPSA) is 132 Å². The van der Waals surface area contributed by atoms with Crippen molar-refractivity contribution in [3.8, 4) is 0 Å². The average Bonchev–Trinajstić information content (AvgIpc) is 2.49. The Bertz CT molecular complexity index is 604. The number of thioether (sulfide) groups is 1. The van der Waals surface area contributed by atoms with Crippen molar-refractivity contribution in [3.63, 3.8) is 0 Å². The van der Waals surface area contributed by atoms with Crippen molar-refractivity contribution in [1.82, 2.24) is 0 Å². The third-order valence-electron chi connectivity index (χ3n) is 3.23. The summed E-state index contributed by atoms with van der Waals surface area (Å²) in [6, 6.07) is 0. The van der Waals surface area contributed by atoms with Gasteiger partial charge in [0, 0.05) is 34.6 Å². The van der Waals surface area contributed by atoms with Crippen LogP contribution < -0.4 is 0 Å². The summed E-state index contributed by atoms with van der Waals surface area (Å²) >= 11 is 0.705. The standard InChI is InChI=1S/C16H22O10S/c1-7(17)22-6-12-13(23-8(2)18)14(24-9(3)19)15(25-10(4)20)16(26-12)27-11(5)21/h12-16H,6H2,1-5H3/t12-,13-,14+,15-,16-/m1/s1. The predicted molar refractivity (Wildman–Crippen MR) is 90.2 cm³/mol. The number of hydrogen-bond donors (Lipinski definition) is 0. The molecule has 5 atom stereocenters. The second kappa shape index (κ2) is 10.3. The zero-order valence-electron chi connectivity index (χ0n) is 15.6. The van der Waals surface area contributed by atoms with Crippen LogP contribution in [-0.2, 0) is 47.7 Å². The van der Waals surface area contributed by atoms with Crippen molar-refractivity contribution in [2.24, 2.45) is 0 Å². The van der Waals surface area contributed by atoms with Gasteiger partial charge in [-0.05, 0) is 0 Å². The summed E-state index contributed by atoms with van der Waals surface area (Å²) < 4.78 is 26.2. The van der Waals surface area contributed by atoms with Crippen LogP contribution in [0, 0.1) is 0 Å². The Kier molecular flexibility index (Phi) is 8.70. The van der Waals surface area contributed by atoms with Crippen LogP contribution in [0.25, 0.3) is 0 Å². The molecule has 0 saturated carbocycles. The van der Waals surface area contributed by atoms with Crippen LogP contribution in [0.3, 0.4) is 0 Å². The van der Waals surface area contributed by atoms with Crippen molar-refractivity contribution in [2.45, 2.75) is 64.5 Å². The molecule has 0 unspecified atom stereocenters. The normalized spacial score (nSPS) is 27.2. The van der Waals surface area contributed by atoms with Gasteiger partial charge in [-0.25, -0.2) is 0 Å². The van der Waals surface area contributed by atoms with Crippen LogP contribution >= 0.6 is 11.8 Å². The summed E-state index contributed by atoms with van der Waals surface area (Å²) in [4.78, 5) is 57.3. The summed E-state index contributed by atoms with van der Waals surface area (Å²) in [5.74, 6) is -2.76. The van der Waals surface area contributed by atoms with Crippen molar-refractivity contribution < 1.29 is 47.7 Å². The fraction of sp³-hybridized carbons (Fsp3) is 0.688. The van der Waals surface area contributed by atoms with E-state index >= 15 is 0 Å². The molecule has 1 aliphatic rings. The molecule has 0 aliphatic carbocycles. The number of rotatable bonds is 6. The van der Waals surface area contributed by atoms with Crippen molar-refractivity contribution in [2.75, 3.05) is 6.61 Å². The minimum absolute atomic E-state index is 0.327. The Balaban J connectivity index is 3.29. The maximum atomic E-state index is 11.6. The molecule has 0 bridgehead atoms. The lowest BCUT2D eigenvalue weighted by Gasteiger charge is -2.43. The fourth-order valence-electron chi connectivity index (χ4n) is 2.45. The van der Waals surface area contributed by atoms with Crippen LogP contribution in [0.2, 0.25) is 0 Å². The SMILES string of the molecule is CC(=O)OC[C@H]1O[C@H](SC(C)=O)[C@H](OC(C)=O)[C@@H](OC(C)=O)[C@@H]1OC(C)=O. The molecule has 1 aliphatic heterocycles. The number of ether oxygens (including phenoxy) is 5. The highest BCUT2D eigenvalue weighted by atomic mass is 32.2. The third-order valence-corrected chi connectivity index (χ3v) is 4.17. The van der Waals surface area contributed by atoms with E-state index in [0.29, 0.717) is 11.8 Å². The summed E-state index contributed by atoms with van der Waals surface area (Å²) in [7, 11) is 0. The van der Waals surface area contributed by atoms with Crippen LogP contribution in [0.15, 0.2) is 0 Å². The maximum Gasteiger partial charge on any atom is 0.303 e. The van der Waals surface area contributed by atoms with Crippen LogP contribution in [0.1, 0.15) is 34.6 Å². The van der Waals surface area contributed by atoms with E-state index in [0.717, 1.165) is 20.8 Å². The first kappa shape index (κ1) is 22.9. The van der Waals surface area contributed by atoms with Crippen molar-refractivity contribution >= 4 is 40.8 Å². The lowest BCUT2D eigenvalue weighted by molar-refractivity contribution is -0.237. The van der Waals surface area contributed by atoms with Gasteiger partial charge in [0.25, 0.3) is 0 Å². The highest BCUT2D eigenvalue weighted by Crippen LogP contribution is 2.34. The van der Waals surface area contributed by atoms with Gasteiger partial charge in [-0.15, -0.1) is 0 Å². The largest absolute Gasteiger partial charge is 0.463 e. The van der Waals surface area contributed by atoms with Gasteiger partial charge in [0.15, 0.2) is 28.9 Å². The molecule has 0 spiro atoms. The molecule has 1 heterocycles. The lowest BCUT2D eigenvalue weighted by atomic mass is 9.99. The minimum Gasteiger partial charge on any atom is -0.463 e. The fourth-order valence-corrected chi connectivity index (χ4v) is 3.32. The Morgan fingerprint density at radius 1 is 0.741 bits per heavy atom. The van der Waals surface area contributed by atoms with Crippen molar-refractivity contribution in [1.29, 1.82) is 0 Å². The first-order valence-corrected chi connectivity index (χ1v) is 8.87. The highest BCUT2D eigenvalue weighted by Gasteiger charge is 2.52. The second-order valence-electron chi connectivity index (χ2n) is 5.68. The molecular formula is C16H22O10S. The second-order valence-corrected chi connectivity index (χ2v) is 6.95. The smallest absolute Gasteiger partial charge is 0.303 e. The zero-order chi connectivity index (χ0) is 20.7. The molecule has 0 radical (unpaired) electrons. The summed E-state index contributed by atoms with van der Waals surface area (Å²) in [6.07, 6.45) is -4.76. The number of carbonyl (C=O) groups is 5. The molecule has 1 rings (SSSR count). The van der Waals surface area contributed by atoms with Gasteiger partial charge in [0.1, 0.15) is 12.7 Å². The Morgan fingerprint density at radius 2 is 1.22 bits per heavy atom. The first-order valence-electron chi connectivity index (χ1n) is 7.99. The molecule has 0 aromatic carbocycles. The molecule has 152 valence electrons. The van der Waals surface area contributed by atoms with Crippen LogP contribution in [-0.4, -0.2) is 65.5 Å². The number of esters is 4. The van der Waals surface area contributed by atoms with Gasteiger partial charge in [0.05, 0.1) is 0 Å². The molecule has 1 fully saturated rings. The molecule has 1 saturated heterocycles.